The lowest BCUT2D eigenvalue weighted by molar-refractivity contribution is -0.209. The molecule has 3 aliphatic rings. The largest absolute Gasteiger partial charge is 0.487 e. The fourth-order valence-corrected chi connectivity index (χ4v) is 5.32. The van der Waals surface area contributed by atoms with Crippen molar-refractivity contribution >= 4 is 11.9 Å². The maximum atomic E-state index is 12.3. The number of fused-ring (bicyclic) bond motifs is 1. The van der Waals surface area contributed by atoms with E-state index in [0.29, 0.717) is 31.6 Å². The minimum absolute atomic E-state index is 0.186. The van der Waals surface area contributed by atoms with Crippen molar-refractivity contribution in [3.8, 4) is 11.5 Å². The predicted molar refractivity (Wildman–Crippen MR) is 126 cm³/mol. The molecule has 3 heterocycles. The lowest BCUT2D eigenvalue weighted by Crippen LogP contribution is -2.38. The number of rotatable bonds is 6. The summed E-state index contributed by atoms with van der Waals surface area (Å²) < 4.78 is 29.6. The number of hydrogen-bond donors (Lipinski definition) is 0. The highest BCUT2D eigenvalue weighted by atomic mass is 16.7. The summed E-state index contributed by atoms with van der Waals surface area (Å²) in [5.74, 6) is 0.964. The van der Waals surface area contributed by atoms with Gasteiger partial charge in [-0.05, 0) is 83.8 Å². The second kappa shape index (κ2) is 10.2. The molecule has 0 radical (unpaired) electrons. The number of benzene rings is 1. The normalized spacial score (nSPS) is 26.3. The number of carbonyl (C=O) groups excluding carboxylic acids is 2. The number of hydrogen-bond acceptors (Lipinski definition) is 7. The van der Waals surface area contributed by atoms with Gasteiger partial charge in [-0.1, -0.05) is 0 Å². The predicted octanol–water partition coefficient (Wildman–Crippen LogP) is 4.88. The molecule has 0 spiro atoms. The minimum atomic E-state index is -0.333. The Balaban J connectivity index is 1.53. The zero-order valence-electron chi connectivity index (χ0n) is 21.2. The van der Waals surface area contributed by atoms with Gasteiger partial charge in [-0.25, -0.2) is 0 Å². The average Bonchev–Trinajstić information content (AvgIpc) is 2.76. The van der Waals surface area contributed by atoms with Crippen molar-refractivity contribution in [1.29, 1.82) is 0 Å². The van der Waals surface area contributed by atoms with Gasteiger partial charge >= 0.3 is 11.9 Å². The molecular formula is C27H38O7. The summed E-state index contributed by atoms with van der Waals surface area (Å²) in [7, 11) is 0. The molecule has 3 aliphatic heterocycles. The molecule has 0 amide bonds. The standard InChI is InChI=1S/C27H38O7/c1-16-21(26-22(11-12-27(4,5)34-26)17(2)25(16)31-18(3)28)10-9-19-14-20(15-23(29)32-19)33-24-8-6-7-13-30-24/h19-20,24H,6-15H2,1-5H3/t19-,20-,24?/m1/s1. The van der Waals surface area contributed by atoms with Crippen LogP contribution in [0.3, 0.4) is 0 Å². The molecule has 1 unspecified atom stereocenters. The molecule has 34 heavy (non-hydrogen) atoms. The van der Waals surface area contributed by atoms with Crippen LogP contribution in [0.25, 0.3) is 0 Å². The van der Waals surface area contributed by atoms with Gasteiger partial charge in [0, 0.05) is 31.1 Å². The topological polar surface area (TPSA) is 80.3 Å². The fraction of sp³-hybridized carbons (Fsp3) is 0.704. The van der Waals surface area contributed by atoms with Crippen molar-refractivity contribution in [1.82, 2.24) is 0 Å². The van der Waals surface area contributed by atoms with Crippen LogP contribution in [0, 0.1) is 13.8 Å². The van der Waals surface area contributed by atoms with Crippen molar-refractivity contribution in [3.05, 3.63) is 22.3 Å². The molecule has 0 N–H and O–H groups in total. The van der Waals surface area contributed by atoms with Crippen LogP contribution in [0.2, 0.25) is 0 Å². The highest BCUT2D eigenvalue weighted by molar-refractivity contribution is 5.72. The van der Waals surface area contributed by atoms with Gasteiger partial charge in [0.15, 0.2) is 6.29 Å². The Kier molecular flexibility index (Phi) is 7.53. The highest BCUT2D eigenvalue weighted by Gasteiger charge is 2.35. The number of carbonyl (C=O) groups is 2. The maximum absolute atomic E-state index is 12.3. The van der Waals surface area contributed by atoms with E-state index in [1.807, 2.05) is 13.8 Å². The van der Waals surface area contributed by atoms with Crippen LogP contribution >= 0.6 is 0 Å². The molecule has 0 bridgehead atoms. The monoisotopic (exact) mass is 474 g/mol. The first-order chi connectivity index (χ1) is 16.1. The Morgan fingerprint density at radius 1 is 1.18 bits per heavy atom. The maximum Gasteiger partial charge on any atom is 0.308 e. The Bertz CT molecular complexity index is 930. The van der Waals surface area contributed by atoms with Gasteiger partial charge in [0.25, 0.3) is 0 Å². The van der Waals surface area contributed by atoms with Crippen LogP contribution < -0.4 is 9.47 Å². The number of cyclic esters (lactones) is 1. The molecule has 7 heteroatoms. The quantitative estimate of drug-likeness (QED) is 0.429. The van der Waals surface area contributed by atoms with Gasteiger partial charge in [0.05, 0.1) is 12.5 Å². The molecule has 3 atom stereocenters. The first-order valence-corrected chi connectivity index (χ1v) is 12.6. The Morgan fingerprint density at radius 3 is 2.68 bits per heavy atom. The van der Waals surface area contributed by atoms with E-state index in [-0.39, 0.29) is 42.5 Å². The van der Waals surface area contributed by atoms with E-state index in [9.17, 15) is 9.59 Å². The lowest BCUT2D eigenvalue weighted by Gasteiger charge is -2.36. The molecule has 188 valence electrons. The Morgan fingerprint density at radius 2 is 1.97 bits per heavy atom. The van der Waals surface area contributed by atoms with E-state index < -0.39 is 0 Å². The van der Waals surface area contributed by atoms with Gasteiger partial charge in [0.1, 0.15) is 23.2 Å². The molecule has 0 saturated carbocycles. The Hall–Kier alpha value is -2.12. The zero-order valence-corrected chi connectivity index (χ0v) is 21.2. The van der Waals surface area contributed by atoms with E-state index >= 15 is 0 Å². The molecule has 4 rings (SSSR count). The zero-order chi connectivity index (χ0) is 24.5. The summed E-state index contributed by atoms with van der Waals surface area (Å²) in [4.78, 5) is 24.1. The number of esters is 2. The van der Waals surface area contributed by atoms with Gasteiger partial charge in [-0.3, -0.25) is 9.59 Å². The van der Waals surface area contributed by atoms with Crippen LogP contribution in [-0.4, -0.2) is 42.6 Å². The third-order valence-electron chi connectivity index (χ3n) is 7.15. The third-order valence-corrected chi connectivity index (χ3v) is 7.15. The molecule has 1 aromatic rings. The third kappa shape index (κ3) is 5.74. The lowest BCUT2D eigenvalue weighted by atomic mass is 9.86. The van der Waals surface area contributed by atoms with Gasteiger partial charge in [-0.2, -0.15) is 0 Å². The minimum Gasteiger partial charge on any atom is -0.487 e. The molecule has 2 saturated heterocycles. The summed E-state index contributed by atoms with van der Waals surface area (Å²) in [6.07, 6.45) is 6.36. The highest BCUT2D eigenvalue weighted by Crippen LogP contribution is 2.45. The van der Waals surface area contributed by atoms with Crippen molar-refractivity contribution in [2.24, 2.45) is 0 Å². The fourth-order valence-electron chi connectivity index (χ4n) is 5.32. The van der Waals surface area contributed by atoms with Crippen LogP contribution in [0.4, 0.5) is 0 Å². The smallest absolute Gasteiger partial charge is 0.308 e. The van der Waals surface area contributed by atoms with Crippen LogP contribution in [0.5, 0.6) is 11.5 Å². The summed E-state index contributed by atoms with van der Waals surface area (Å²) in [5, 5.41) is 0. The van der Waals surface area contributed by atoms with Crippen LogP contribution in [-0.2, 0) is 36.6 Å². The molecular weight excluding hydrogens is 436 g/mol. The average molecular weight is 475 g/mol. The first kappa shape index (κ1) is 25.0. The van der Waals surface area contributed by atoms with Crippen LogP contribution in [0.15, 0.2) is 0 Å². The summed E-state index contributed by atoms with van der Waals surface area (Å²) >= 11 is 0. The molecule has 1 aromatic carbocycles. The second-order valence-corrected chi connectivity index (χ2v) is 10.5. The van der Waals surface area contributed by atoms with E-state index in [0.717, 1.165) is 60.1 Å². The van der Waals surface area contributed by atoms with Crippen molar-refractivity contribution in [3.63, 3.8) is 0 Å². The number of ether oxygens (including phenoxy) is 5. The van der Waals surface area contributed by atoms with Gasteiger partial charge in [0.2, 0.25) is 0 Å². The van der Waals surface area contributed by atoms with E-state index in [2.05, 4.69) is 13.8 Å². The summed E-state index contributed by atoms with van der Waals surface area (Å²) in [6.45, 7) is 10.3. The van der Waals surface area contributed by atoms with Crippen molar-refractivity contribution < 1.29 is 33.3 Å². The second-order valence-electron chi connectivity index (χ2n) is 10.5. The Labute approximate surface area is 202 Å². The molecule has 2 fully saturated rings. The van der Waals surface area contributed by atoms with E-state index in [1.54, 1.807) is 0 Å². The van der Waals surface area contributed by atoms with Gasteiger partial charge < -0.3 is 23.7 Å². The summed E-state index contributed by atoms with van der Waals surface area (Å²) in [6, 6.07) is 0. The van der Waals surface area contributed by atoms with Crippen molar-refractivity contribution in [2.45, 2.75) is 117 Å². The SMILES string of the molecule is CC(=O)Oc1c(C)c(CC[C@@H]2C[C@@H](OC3CCCCO3)CC(=O)O2)c2c(c1C)CCC(C)(C)O2. The molecule has 0 aliphatic carbocycles. The van der Waals surface area contributed by atoms with Crippen LogP contribution in [0.1, 0.15) is 88.0 Å². The van der Waals surface area contributed by atoms with E-state index in [1.165, 1.54) is 6.92 Å². The summed E-state index contributed by atoms with van der Waals surface area (Å²) in [5.41, 5.74) is 3.74. The first-order valence-electron chi connectivity index (χ1n) is 12.6. The van der Waals surface area contributed by atoms with Crippen molar-refractivity contribution in [2.75, 3.05) is 6.61 Å². The molecule has 7 nitrogen and oxygen atoms in total. The van der Waals surface area contributed by atoms with Gasteiger partial charge in [-0.15, -0.1) is 0 Å². The van der Waals surface area contributed by atoms with E-state index in [4.69, 9.17) is 23.7 Å². The molecule has 0 aromatic heterocycles.